The van der Waals surface area contributed by atoms with Crippen LogP contribution >= 0.6 is 11.3 Å². The molecule has 1 saturated heterocycles. The van der Waals surface area contributed by atoms with E-state index in [0.29, 0.717) is 39.8 Å². The fourth-order valence-electron chi connectivity index (χ4n) is 3.11. The van der Waals surface area contributed by atoms with Crippen LogP contribution in [0.15, 0.2) is 41.3 Å². The van der Waals surface area contributed by atoms with Gasteiger partial charge in [0.05, 0.1) is 10.1 Å². The number of carbonyl (C=O) groups excluding carboxylic acids is 1. The fraction of sp³-hybridized carbons (Fsp3) is 0.300. The summed E-state index contributed by atoms with van der Waals surface area (Å²) in [7, 11) is -3.30. The summed E-state index contributed by atoms with van der Waals surface area (Å²) >= 11 is 1.20. The Morgan fingerprint density at radius 1 is 1.13 bits per heavy atom. The summed E-state index contributed by atoms with van der Waals surface area (Å²) in [6.07, 6.45) is 1.48. The summed E-state index contributed by atoms with van der Waals surface area (Å²) in [5.41, 5.74) is 0.681. The highest BCUT2D eigenvalue weighted by molar-refractivity contribution is 7.92. The molecule has 1 aliphatic heterocycles. The van der Waals surface area contributed by atoms with Crippen molar-refractivity contribution in [2.45, 2.75) is 29.1 Å². The fourth-order valence-corrected chi connectivity index (χ4v) is 5.59. The molecule has 2 fully saturated rings. The molecular weight excluding hydrogens is 438 g/mol. The lowest BCUT2D eigenvalue weighted by atomic mass is 10.1. The highest BCUT2D eigenvalue weighted by Gasteiger charge is 2.36. The van der Waals surface area contributed by atoms with E-state index in [1.165, 1.54) is 35.6 Å². The van der Waals surface area contributed by atoms with Gasteiger partial charge in [-0.3, -0.25) is 15.5 Å². The van der Waals surface area contributed by atoms with E-state index in [0.717, 1.165) is 13.1 Å². The van der Waals surface area contributed by atoms with Crippen LogP contribution in [0.5, 0.6) is 5.88 Å². The average Bonchev–Trinajstić information content (AvgIpc) is 3.52. The summed E-state index contributed by atoms with van der Waals surface area (Å²) in [5.74, 6) is -0.122. The van der Waals surface area contributed by atoms with Crippen LogP contribution in [-0.4, -0.2) is 54.4 Å². The van der Waals surface area contributed by atoms with Crippen LogP contribution in [0.4, 0.5) is 5.13 Å². The van der Waals surface area contributed by atoms with E-state index < -0.39 is 15.7 Å². The number of fused-ring (bicyclic) bond motifs is 1. The molecule has 1 aliphatic carbocycles. The topological polar surface area (TPSA) is 134 Å². The van der Waals surface area contributed by atoms with Gasteiger partial charge in [-0.15, -0.1) is 0 Å². The molecule has 3 N–H and O–H groups in total. The number of thiazole rings is 1. The van der Waals surface area contributed by atoms with Crippen LogP contribution in [0.3, 0.4) is 0 Å². The van der Waals surface area contributed by atoms with Gasteiger partial charge in [0, 0.05) is 24.7 Å². The summed E-state index contributed by atoms with van der Waals surface area (Å²) in [6, 6.07) is 9.38. The van der Waals surface area contributed by atoms with Crippen molar-refractivity contribution in [2.75, 3.05) is 18.4 Å². The van der Waals surface area contributed by atoms with Gasteiger partial charge in [-0.05, 0) is 31.0 Å². The van der Waals surface area contributed by atoms with Gasteiger partial charge in [0.1, 0.15) is 22.2 Å². The largest absolute Gasteiger partial charge is 0.472 e. The molecule has 3 aromatic rings. The van der Waals surface area contributed by atoms with E-state index in [4.69, 9.17) is 10.1 Å². The van der Waals surface area contributed by atoms with Crippen LogP contribution in [-0.2, 0) is 14.6 Å². The van der Waals surface area contributed by atoms with Crippen molar-refractivity contribution < 1.29 is 17.9 Å². The highest BCUT2D eigenvalue weighted by atomic mass is 32.2. The van der Waals surface area contributed by atoms with Crippen LogP contribution in [0.1, 0.15) is 18.4 Å². The van der Waals surface area contributed by atoms with Gasteiger partial charge in [-0.1, -0.05) is 23.5 Å². The number of pyridine rings is 1. The zero-order chi connectivity index (χ0) is 21.6. The maximum Gasteiger partial charge on any atom is 0.275 e. The maximum absolute atomic E-state index is 12.5. The van der Waals surface area contributed by atoms with E-state index in [2.05, 4.69) is 20.6 Å². The Morgan fingerprint density at radius 3 is 2.52 bits per heavy atom. The standard InChI is InChI=1S/C20H19N5O4S2/c21-17(11-1-3-13(4-2-11)31(27,28)14-5-6-14)18(26)25-20-23-15-7-8-16(24-19(15)30-20)29-12-9-22-10-12/h1-4,7-8,12,14,21-22H,5-6,9-10H2,(H,23,25,26). The molecule has 1 aromatic carbocycles. The molecule has 1 amide bonds. The minimum absolute atomic E-state index is 0.114. The lowest BCUT2D eigenvalue weighted by molar-refractivity contribution is -0.110. The number of hydrogen-bond donors (Lipinski definition) is 3. The molecule has 2 aliphatic rings. The number of sulfone groups is 1. The van der Waals surface area contributed by atoms with Crippen molar-refractivity contribution in [3.05, 3.63) is 42.0 Å². The minimum atomic E-state index is -3.30. The first-order valence-corrected chi connectivity index (χ1v) is 12.2. The SMILES string of the molecule is N=C(C(=O)Nc1nc2ccc(OC3CNC3)nc2s1)c1ccc(S(=O)(=O)C2CC2)cc1. The van der Waals surface area contributed by atoms with Gasteiger partial charge in [0.25, 0.3) is 5.91 Å². The highest BCUT2D eigenvalue weighted by Crippen LogP contribution is 2.33. The van der Waals surface area contributed by atoms with Crippen molar-refractivity contribution in [1.82, 2.24) is 15.3 Å². The number of amides is 1. The second-order valence-electron chi connectivity index (χ2n) is 7.49. The number of hydrogen-bond acceptors (Lipinski definition) is 9. The molecule has 3 heterocycles. The zero-order valence-electron chi connectivity index (χ0n) is 16.3. The Kier molecular flexibility index (Phi) is 4.95. The molecule has 0 bridgehead atoms. The number of benzene rings is 1. The Morgan fingerprint density at radius 2 is 1.87 bits per heavy atom. The molecule has 0 unspecified atom stereocenters. The van der Waals surface area contributed by atoms with Gasteiger partial charge in [0.15, 0.2) is 15.0 Å². The van der Waals surface area contributed by atoms with Gasteiger partial charge < -0.3 is 10.1 Å². The molecule has 11 heteroatoms. The van der Waals surface area contributed by atoms with Crippen LogP contribution < -0.4 is 15.4 Å². The molecule has 1 saturated carbocycles. The van der Waals surface area contributed by atoms with Gasteiger partial charge >= 0.3 is 0 Å². The van der Waals surface area contributed by atoms with Crippen molar-refractivity contribution >= 4 is 48.3 Å². The van der Waals surface area contributed by atoms with Crippen LogP contribution in [0.2, 0.25) is 0 Å². The Hall–Kier alpha value is -2.89. The smallest absolute Gasteiger partial charge is 0.275 e. The van der Waals surface area contributed by atoms with Crippen molar-refractivity contribution in [1.29, 1.82) is 5.41 Å². The van der Waals surface area contributed by atoms with Crippen molar-refractivity contribution in [3.8, 4) is 5.88 Å². The first-order valence-electron chi connectivity index (χ1n) is 9.79. The third-order valence-electron chi connectivity index (χ3n) is 5.14. The van der Waals surface area contributed by atoms with E-state index in [-0.39, 0.29) is 22.0 Å². The lowest BCUT2D eigenvalue weighted by Crippen LogP contribution is -2.50. The Labute approximate surface area is 182 Å². The molecule has 5 rings (SSSR count). The molecule has 9 nitrogen and oxygen atoms in total. The molecule has 0 spiro atoms. The number of anilines is 1. The predicted octanol–water partition coefficient (Wildman–Crippen LogP) is 1.98. The number of nitrogens with zero attached hydrogens (tertiary/aromatic N) is 2. The first-order chi connectivity index (χ1) is 14.9. The number of aromatic nitrogens is 2. The van der Waals surface area contributed by atoms with Crippen molar-refractivity contribution in [3.63, 3.8) is 0 Å². The molecule has 2 aromatic heterocycles. The summed E-state index contributed by atoms with van der Waals surface area (Å²) in [4.78, 5) is 22.1. The quantitative estimate of drug-likeness (QED) is 0.462. The number of ether oxygens (including phenoxy) is 1. The zero-order valence-corrected chi connectivity index (χ0v) is 17.9. The van der Waals surface area contributed by atoms with Crippen molar-refractivity contribution in [2.24, 2.45) is 0 Å². The van der Waals surface area contributed by atoms with Crippen LogP contribution in [0.25, 0.3) is 10.3 Å². The van der Waals surface area contributed by atoms with E-state index in [1.807, 2.05) is 0 Å². The van der Waals surface area contributed by atoms with E-state index in [9.17, 15) is 13.2 Å². The van der Waals surface area contributed by atoms with E-state index in [1.54, 1.807) is 12.1 Å². The Balaban J connectivity index is 1.27. The third kappa shape index (κ3) is 4.03. The normalized spacial score (nSPS) is 16.6. The second kappa shape index (κ2) is 7.66. The first kappa shape index (κ1) is 20.0. The molecule has 0 atom stereocenters. The van der Waals surface area contributed by atoms with E-state index >= 15 is 0 Å². The van der Waals surface area contributed by atoms with Crippen LogP contribution in [0, 0.1) is 5.41 Å². The minimum Gasteiger partial charge on any atom is -0.472 e. The van der Waals surface area contributed by atoms with Gasteiger partial charge in [0.2, 0.25) is 5.88 Å². The molecule has 0 radical (unpaired) electrons. The lowest BCUT2D eigenvalue weighted by Gasteiger charge is -2.27. The molecular formula is C20H19N5O4S2. The van der Waals surface area contributed by atoms with Gasteiger partial charge in [-0.25, -0.2) is 18.4 Å². The monoisotopic (exact) mass is 457 g/mol. The predicted molar refractivity (Wildman–Crippen MR) is 117 cm³/mol. The Bertz CT molecular complexity index is 1280. The van der Waals surface area contributed by atoms with Gasteiger partial charge in [-0.2, -0.15) is 0 Å². The number of nitrogens with one attached hydrogen (secondary N) is 3. The summed E-state index contributed by atoms with van der Waals surface area (Å²) in [6.45, 7) is 1.58. The number of rotatable bonds is 7. The molecule has 31 heavy (non-hydrogen) atoms. The second-order valence-corrected chi connectivity index (χ2v) is 10.7. The average molecular weight is 458 g/mol. The summed E-state index contributed by atoms with van der Waals surface area (Å²) < 4.78 is 30.3. The maximum atomic E-state index is 12.5. The summed E-state index contributed by atoms with van der Waals surface area (Å²) in [5, 5.41) is 13.9. The third-order valence-corrected chi connectivity index (χ3v) is 8.30. The number of carbonyl (C=O) groups is 1. The molecule has 160 valence electrons.